The predicted octanol–water partition coefficient (Wildman–Crippen LogP) is 1.01. The number of esters is 1. The second-order valence-corrected chi connectivity index (χ2v) is 6.17. The lowest BCUT2D eigenvalue weighted by molar-refractivity contribution is 0.0596. The minimum atomic E-state index is -4.10. The summed E-state index contributed by atoms with van der Waals surface area (Å²) in [5.74, 6) is -1.64. The van der Waals surface area contributed by atoms with Crippen LogP contribution in [0.1, 0.15) is 23.7 Å². The number of aliphatic hydroxyl groups is 1. The van der Waals surface area contributed by atoms with Crippen molar-refractivity contribution < 1.29 is 27.4 Å². The van der Waals surface area contributed by atoms with Crippen LogP contribution in [0, 0.1) is 5.82 Å². The van der Waals surface area contributed by atoms with Crippen molar-refractivity contribution in [1.82, 2.24) is 4.31 Å². The third-order valence-electron chi connectivity index (χ3n) is 2.79. The number of carbonyl (C=O) groups is 1. The molecule has 0 spiro atoms. The minimum absolute atomic E-state index is 0.132. The fourth-order valence-corrected chi connectivity index (χ4v) is 3.55. The van der Waals surface area contributed by atoms with E-state index < -0.39 is 26.7 Å². The Labute approximate surface area is 123 Å². The summed E-state index contributed by atoms with van der Waals surface area (Å²) in [5.41, 5.74) is -0.238. The summed E-state index contributed by atoms with van der Waals surface area (Å²) in [6, 6.07) is 2.83. The Morgan fingerprint density at radius 1 is 1.38 bits per heavy atom. The van der Waals surface area contributed by atoms with Gasteiger partial charge in [-0.3, -0.25) is 0 Å². The molecule has 1 N–H and O–H groups in total. The monoisotopic (exact) mass is 319 g/mol. The van der Waals surface area contributed by atoms with Crippen LogP contribution < -0.4 is 0 Å². The van der Waals surface area contributed by atoms with Crippen LogP contribution in [0.3, 0.4) is 0 Å². The number of sulfonamides is 1. The van der Waals surface area contributed by atoms with Crippen LogP contribution in [0.15, 0.2) is 23.1 Å². The fourth-order valence-electron chi connectivity index (χ4n) is 1.84. The van der Waals surface area contributed by atoms with Crippen LogP contribution in [0.2, 0.25) is 0 Å². The molecule has 0 amide bonds. The molecule has 0 radical (unpaired) electrons. The molecule has 21 heavy (non-hydrogen) atoms. The van der Waals surface area contributed by atoms with Crippen LogP contribution in [0.25, 0.3) is 0 Å². The Hall–Kier alpha value is -1.51. The maximum Gasteiger partial charge on any atom is 0.339 e. The Morgan fingerprint density at radius 2 is 2.05 bits per heavy atom. The van der Waals surface area contributed by atoms with Crippen molar-refractivity contribution in [1.29, 1.82) is 0 Å². The molecule has 0 bridgehead atoms. The second kappa shape index (κ2) is 7.48. The number of nitrogens with zero attached hydrogens (tertiary/aromatic N) is 1. The summed E-state index contributed by atoms with van der Waals surface area (Å²) in [4.78, 5) is 11.2. The number of methoxy groups -OCH3 is 1. The highest BCUT2D eigenvalue weighted by molar-refractivity contribution is 7.89. The van der Waals surface area contributed by atoms with E-state index in [0.29, 0.717) is 6.42 Å². The largest absolute Gasteiger partial charge is 0.465 e. The lowest BCUT2D eigenvalue weighted by Gasteiger charge is -2.21. The minimum Gasteiger partial charge on any atom is -0.465 e. The molecule has 0 saturated carbocycles. The van der Waals surface area contributed by atoms with E-state index in [2.05, 4.69) is 4.74 Å². The highest BCUT2D eigenvalue weighted by Gasteiger charge is 2.29. The quantitative estimate of drug-likeness (QED) is 0.758. The zero-order valence-corrected chi connectivity index (χ0v) is 12.7. The van der Waals surface area contributed by atoms with Crippen molar-refractivity contribution in [3.8, 4) is 0 Å². The van der Waals surface area contributed by atoms with Crippen LogP contribution in [-0.2, 0) is 14.8 Å². The van der Waals surface area contributed by atoms with E-state index in [0.717, 1.165) is 29.6 Å². The lowest BCUT2D eigenvalue weighted by Crippen LogP contribution is -2.35. The SMILES string of the molecule is CCCN(CCO)S(=O)(=O)c1cc(F)ccc1C(=O)OC. The normalized spacial score (nSPS) is 11.7. The fraction of sp³-hybridized carbons (Fsp3) is 0.462. The summed E-state index contributed by atoms with van der Waals surface area (Å²) < 4.78 is 44.0. The molecular weight excluding hydrogens is 301 g/mol. The van der Waals surface area contributed by atoms with Gasteiger partial charge in [0.05, 0.1) is 24.2 Å². The Kier molecular flexibility index (Phi) is 6.25. The summed E-state index contributed by atoms with van der Waals surface area (Å²) >= 11 is 0. The number of halogens is 1. The van der Waals surface area contributed by atoms with Crippen molar-refractivity contribution >= 4 is 16.0 Å². The van der Waals surface area contributed by atoms with E-state index in [1.807, 2.05) is 0 Å². The number of hydrogen-bond acceptors (Lipinski definition) is 5. The molecule has 6 nitrogen and oxygen atoms in total. The first-order chi connectivity index (χ1) is 9.88. The summed E-state index contributed by atoms with van der Waals surface area (Å²) in [6.07, 6.45) is 0.516. The molecular formula is C13H18FNO5S. The maximum atomic E-state index is 13.4. The molecule has 1 aromatic carbocycles. The topological polar surface area (TPSA) is 83.9 Å². The van der Waals surface area contributed by atoms with Gasteiger partial charge in [0.1, 0.15) is 5.82 Å². The Morgan fingerprint density at radius 3 is 2.57 bits per heavy atom. The van der Waals surface area contributed by atoms with Crippen molar-refractivity contribution in [2.75, 3.05) is 26.8 Å². The van der Waals surface area contributed by atoms with Crippen molar-refractivity contribution in [2.24, 2.45) is 0 Å². The van der Waals surface area contributed by atoms with Gasteiger partial charge >= 0.3 is 5.97 Å². The number of carbonyl (C=O) groups excluding carboxylic acids is 1. The van der Waals surface area contributed by atoms with Crippen molar-refractivity contribution in [3.63, 3.8) is 0 Å². The molecule has 0 aliphatic heterocycles. The molecule has 8 heteroatoms. The van der Waals surface area contributed by atoms with Gasteiger partial charge < -0.3 is 9.84 Å². The zero-order valence-electron chi connectivity index (χ0n) is 11.9. The zero-order chi connectivity index (χ0) is 16.0. The van der Waals surface area contributed by atoms with E-state index in [9.17, 15) is 17.6 Å². The van der Waals surface area contributed by atoms with Gasteiger partial charge in [0, 0.05) is 13.1 Å². The first-order valence-electron chi connectivity index (χ1n) is 6.37. The van der Waals surface area contributed by atoms with Gasteiger partial charge in [-0.05, 0) is 24.6 Å². The van der Waals surface area contributed by atoms with Crippen molar-refractivity contribution in [3.05, 3.63) is 29.6 Å². The van der Waals surface area contributed by atoms with Crippen molar-refractivity contribution in [2.45, 2.75) is 18.2 Å². The lowest BCUT2D eigenvalue weighted by atomic mass is 10.2. The average molecular weight is 319 g/mol. The van der Waals surface area contributed by atoms with Gasteiger partial charge in [-0.2, -0.15) is 4.31 Å². The van der Waals surface area contributed by atoms with Crippen LogP contribution >= 0.6 is 0 Å². The number of benzene rings is 1. The Balaban J connectivity index is 3.41. The van der Waals surface area contributed by atoms with Gasteiger partial charge in [0.15, 0.2) is 0 Å². The first-order valence-corrected chi connectivity index (χ1v) is 7.81. The summed E-state index contributed by atoms with van der Waals surface area (Å²) in [5, 5.41) is 8.98. The number of ether oxygens (including phenoxy) is 1. The van der Waals surface area contributed by atoms with E-state index in [1.165, 1.54) is 0 Å². The van der Waals surface area contributed by atoms with Gasteiger partial charge in [-0.25, -0.2) is 17.6 Å². The molecule has 1 rings (SSSR count). The van der Waals surface area contributed by atoms with Gasteiger partial charge in [0.25, 0.3) is 0 Å². The standard InChI is InChI=1S/C13H18FNO5S/c1-3-6-15(7-8-16)21(18,19)12-9-10(14)4-5-11(12)13(17)20-2/h4-5,9,16H,3,6-8H2,1-2H3. The number of rotatable bonds is 7. The number of hydrogen-bond donors (Lipinski definition) is 1. The second-order valence-electron chi connectivity index (χ2n) is 4.26. The highest BCUT2D eigenvalue weighted by atomic mass is 32.2. The van der Waals surface area contributed by atoms with Gasteiger partial charge in [-0.1, -0.05) is 6.92 Å². The molecule has 0 aliphatic carbocycles. The molecule has 0 saturated heterocycles. The van der Waals surface area contributed by atoms with Crippen LogP contribution in [0.4, 0.5) is 4.39 Å². The van der Waals surface area contributed by atoms with E-state index >= 15 is 0 Å². The smallest absolute Gasteiger partial charge is 0.339 e. The van der Waals surface area contributed by atoms with Crippen LogP contribution in [-0.4, -0.2) is 50.6 Å². The Bertz CT molecular complexity index is 597. The first kappa shape index (κ1) is 17.5. The van der Waals surface area contributed by atoms with E-state index in [1.54, 1.807) is 6.92 Å². The molecule has 0 heterocycles. The third kappa shape index (κ3) is 3.99. The predicted molar refractivity (Wildman–Crippen MR) is 73.9 cm³/mol. The highest BCUT2D eigenvalue weighted by Crippen LogP contribution is 2.22. The molecule has 0 aliphatic rings. The molecule has 0 unspecified atom stereocenters. The van der Waals surface area contributed by atoms with E-state index in [4.69, 9.17) is 5.11 Å². The molecule has 0 aromatic heterocycles. The van der Waals surface area contributed by atoms with Crippen LogP contribution in [0.5, 0.6) is 0 Å². The number of aliphatic hydroxyl groups excluding tert-OH is 1. The summed E-state index contributed by atoms with van der Waals surface area (Å²) in [6.45, 7) is 1.42. The maximum absolute atomic E-state index is 13.4. The molecule has 0 atom stereocenters. The third-order valence-corrected chi connectivity index (χ3v) is 4.73. The average Bonchev–Trinajstić information content (AvgIpc) is 2.46. The van der Waals surface area contributed by atoms with Gasteiger partial charge in [-0.15, -0.1) is 0 Å². The molecule has 0 fully saturated rings. The van der Waals surface area contributed by atoms with Gasteiger partial charge in [0.2, 0.25) is 10.0 Å². The molecule has 118 valence electrons. The van der Waals surface area contributed by atoms with E-state index in [-0.39, 0.29) is 25.3 Å². The molecule has 1 aromatic rings. The summed E-state index contributed by atoms with van der Waals surface area (Å²) in [7, 11) is -2.99.